The number of phenols is 1. The van der Waals surface area contributed by atoms with Crippen LogP contribution in [0.25, 0.3) is 0 Å². The first-order chi connectivity index (χ1) is 9.02. The van der Waals surface area contributed by atoms with Crippen LogP contribution in [-0.2, 0) is 0 Å². The van der Waals surface area contributed by atoms with Crippen molar-refractivity contribution in [3.05, 3.63) is 29.3 Å². The Balaban J connectivity index is 2.36. The molecule has 0 unspecified atom stereocenters. The van der Waals surface area contributed by atoms with Crippen molar-refractivity contribution >= 4 is 0 Å². The third-order valence-corrected chi connectivity index (χ3v) is 3.20. The van der Waals surface area contributed by atoms with Crippen molar-refractivity contribution in [2.75, 3.05) is 26.2 Å². The highest BCUT2D eigenvalue weighted by atomic mass is 19.3. The fourth-order valence-electron chi connectivity index (χ4n) is 2.25. The Bertz CT molecular complexity index is 450. The highest BCUT2D eigenvalue weighted by molar-refractivity contribution is 5.37. The van der Waals surface area contributed by atoms with Crippen molar-refractivity contribution in [2.24, 2.45) is 0 Å². The molecule has 1 saturated heterocycles. The van der Waals surface area contributed by atoms with Crippen LogP contribution in [0.3, 0.4) is 0 Å². The molecule has 0 aromatic heterocycles. The molecule has 0 saturated carbocycles. The summed E-state index contributed by atoms with van der Waals surface area (Å²) in [7, 11) is 0. The number of rotatable bonds is 3. The third-order valence-electron chi connectivity index (χ3n) is 3.20. The first-order valence-corrected chi connectivity index (χ1v) is 5.92. The second-order valence-electron chi connectivity index (χ2n) is 4.36. The van der Waals surface area contributed by atoms with Gasteiger partial charge in [0.25, 0.3) is 6.43 Å². The molecule has 19 heavy (non-hydrogen) atoms. The number of hydrogen-bond acceptors (Lipinski definition) is 3. The summed E-state index contributed by atoms with van der Waals surface area (Å²) in [6.07, 6.45) is -2.80. The minimum atomic E-state index is -2.80. The minimum Gasteiger partial charge on any atom is -0.505 e. The molecule has 106 valence electrons. The van der Waals surface area contributed by atoms with Crippen LogP contribution in [0.2, 0.25) is 0 Å². The molecule has 1 aromatic rings. The van der Waals surface area contributed by atoms with Crippen LogP contribution in [0.15, 0.2) is 12.1 Å². The topological polar surface area (TPSA) is 35.5 Å². The monoisotopic (exact) mass is 278 g/mol. The lowest BCUT2D eigenvalue weighted by atomic mass is 10.0. The number of hydrogen-bond donors (Lipinski definition) is 2. The Morgan fingerprint density at radius 2 is 1.79 bits per heavy atom. The third kappa shape index (κ3) is 2.82. The number of alkyl halides is 2. The number of halogens is 4. The minimum absolute atomic E-state index is 0.282. The largest absolute Gasteiger partial charge is 0.505 e. The molecule has 1 aromatic carbocycles. The molecule has 7 heteroatoms. The second kappa shape index (κ2) is 5.75. The maximum Gasteiger partial charge on any atom is 0.258 e. The molecule has 1 fully saturated rings. The highest BCUT2D eigenvalue weighted by Gasteiger charge is 2.33. The Labute approximate surface area is 107 Å². The van der Waals surface area contributed by atoms with Crippen molar-refractivity contribution in [3.8, 4) is 5.75 Å². The van der Waals surface area contributed by atoms with E-state index in [-0.39, 0.29) is 5.56 Å². The lowest BCUT2D eigenvalue weighted by molar-refractivity contribution is 0.0167. The second-order valence-corrected chi connectivity index (χ2v) is 4.36. The zero-order valence-electron chi connectivity index (χ0n) is 10.0. The quantitative estimate of drug-likeness (QED) is 0.829. The van der Waals surface area contributed by atoms with Gasteiger partial charge in [-0.15, -0.1) is 0 Å². The van der Waals surface area contributed by atoms with E-state index in [0.29, 0.717) is 26.2 Å². The van der Waals surface area contributed by atoms with Crippen molar-refractivity contribution in [2.45, 2.75) is 12.5 Å². The maximum atomic E-state index is 13.3. The molecule has 3 nitrogen and oxygen atoms in total. The summed E-state index contributed by atoms with van der Waals surface area (Å²) < 4.78 is 52.6. The van der Waals surface area contributed by atoms with Crippen molar-refractivity contribution < 1.29 is 22.7 Å². The van der Waals surface area contributed by atoms with E-state index in [1.165, 1.54) is 4.90 Å². The van der Waals surface area contributed by atoms with Gasteiger partial charge in [-0.3, -0.25) is 4.90 Å². The summed E-state index contributed by atoms with van der Waals surface area (Å²) in [5, 5.41) is 12.5. The molecule has 1 heterocycles. The summed E-state index contributed by atoms with van der Waals surface area (Å²) in [5.41, 5.74) is -0.282. The van der Waals surface area contributed by atoms with E-state index in [2.05, 4.69) is 5.32 Å². The van der Waals surface area contributed by atoms with Crippen LogP contribution in [0, 0.1) is 11.6 Å². The Kier molecular flexibility index (Phi) is 4.26. The van der Waals surface area contributed by atoms with E-state index < -0.39 is 29.9 Å². The Morgan fingerprint density at radius 1 is 1.16 bits per heavy atom. The smallest absolute Gasteiger partial charge is 0.258 e. The van der Waals surface area contributed by atoms with Crippen LogP contribution in [0.5, 0.6) is 5.75 Å². The molecule has 0 radical (unpaired) electrons. The molecule has 1 atom stereocenters. The van der Waals surface area contributed by atoms with E-state index in [9.17, 15) is 22.7 Å². The van der Waals surface area contributed by atoms with Crippen molar-refractivity contribution in [1.82, 2.24) is 10.2 Å². The van der Waals surface area contributed by atoms with Gasteiger partial charge in [0.2, 0.25) is 5.82 Å². The van der Waals surface area contributed by atoms with Gasteiger partial charge in [0.15, 0.2) is 11.6 Å². The number of piperazine rings is 1. The highest BCUT2D eigenvalue weighted by Crippen LogP contribution is 2.35. The first kappa shape index (κ1) is 14.1. The van der Waals surface area contributed by atoms with Crippen molar-refractivity contribution in [3.63, 3.8) is 0 Å². The maximum absolute atomic E-state index is 13.3. The summed E-state index contributed by atoms with van der Waals surface area (Å²) in [6.45, 7) is 1.78. The molecular weight excluding hydrogens is 264 g/mol. The normalized spacial score (nSPS) is 18.8. The van der Waals surface area contributed by atoms with Crippen LogP contribution in [0.4, 0.5) is 17.6 Å². The van der Waals surface area contributed by atoms with E-state index in [1.807, 2.05) is 0 Å². The molecule has 0 aliphatic carbocycles. The van der Waals surface area contributed by atoms with Crippen LogP contribution in [0.1, 0.15) is 11.6 Å². The van der Waals surface area contributed by atoms with Gasteiger partial charge in [0.1, 0.15) is 6.04 Å². The molecule has 2 rings (SSSR count). The summed E-state index contributed by atoms with van der Waals surface area (Å²) >= 11 is 0. The molecule has 0 spiro atoms. The van der Waals surface area contributed by atoms with Crippen LogP contribution in [-0.4, -0.2) is 42.6 Å². The standard InChI is InChI=1S/C12H14F4N2O/c13-8-2-1-7(11(19)9(8)14)10(12(15)16)18-5-3-17-4-6-18/h1-2,10,12,17,19H,3-6H2/t10-/m1/s1. The Hall–Kier alpha value is -1.34. The van der Waals surface area contributed by atoms with E-state index in [1.54, 1.807) is 0 Å². The SMILES string of the molecule is Oc1c([C@H](C(F)F)N2CCNCC2)ccc(F)c1F. The lowest BCUT2D eigenvalue weighted by Crippen LogP contribution is -2.47. The number of nitrogens with zero attached hydrogens (tertiary/aromatic N) is 1. The van der Waals surface area contributed by atoms with E-state index >= 15 is 0 Å². The van der Waals surface area contributed by atoms with Gasteiger partial charge in [-0.2, -0.15) is 4.39 Å². The van der Waals surface area contributed by atoms with Gasteiger partial charge in [-0.25, -0.2) is 13.2 Å². The lowest BCUT2D eigenvalue weighted by Gasteiger charge is -2.34. The fraction of sp³-hybridized carbons (Fsp3) is 0.500. The molecular formula is C12H14F4N2O. The molecule has 1 aliphatic rings. The average Bonchev–Trinajstić information content (AvgIpc) is 2.40. The zero-order valence-corrected chi connectivity index (χ0v) is 10.0. The molecule has 0 amide bonds. The number of phenolic OH excluding ortho intramolecular Hbond substituents is 1. The summed E-state index contributed by atoms with van der Waals surface area (Å²) in [5.74, 6) is -3.78. The van der Waals surface area contributed by atoms with Gasteiger partial charge < -0.3 is 10.4 Å². The zero-order chi connectivity index (χ0) is 14.0. The molecule has 2 N–H and O–H groups in total. The number of nitrogens with one attached hydrogen (secondary N) is 1. The van der Waals surface area contributed by atoms with Gasteiger partial charge in [-0.05, 0) is 6.07 Å². The van der Waals surface area contributed by atoms with Gasteiger partial charge >= 0.3 is 0 Å². The Morgan fingerprint density at radius 3 is 2.37 bits per heavy atom. The molecule has 0 bridgehead atoms. The predicted molar refractivity (Wildman–Crippen MR) is 61.2 cm³/mol. The number of aromatic hydroxyl groups is 1. The van der Waals surface area contributed by atoms with Crippen LogP contribution >= 0.6 is 0 Å². The fourth-order valence-corrected chi connectivity index (χ4v) is 2.25. The summed E-state index contributed by atoms with van der Waals surface area (Å²) in [6, 6.07) is 0.325. The van der Waals surface area contributed by atoms with E-state index in [4.69, 9.17) is 0 Å². The van der Waals surface area contributed by atoms with Crippen LogP contribution < -0.4 is 5.32 Å². The van der Waals surface area contributed by atoms with Gasteiger partial charge in [0.05, 0.1) is 0 Å². The number of benzene rings is 1. The predicted octanol–water partition coefficient (Wildman–Crippen LogP) is 1.88. The molecule has 1 aliphatic heterocycles. The van der Waals surface area contributed by atoms with E-state index in [0.717, 1.165) is 12.1 Å². The van der Waals surface area contributed by atoms with Crippen molar-refractivity contribution in [1.29, 1.82) is 0 Å². The summed E-state index contributed by atoms with van der Waals surface area (Å²) in [4.78, 5) is 1.45. The average molecular weight is 278 g/mol. The van der Waals surface area contributed by atoms with Gasteiger partial charge in [-0.1, -0.05) is 6.07 Å². The van der Waals surface area contributed by atoms with Gasteiger partial charge in [0, 0.05) is 31.7 Å². The first-order valence-electron chi connectivity index (χ1n) is 5.92.